The second kappa shape index (κ2) is 17.8. The van der Waals surface area contributed by atoms with E-state index in [4.69, 9.17) is 22.8 Å². The van der Waals surface area contributed by atoms with Crippen LogP contribution in [-0.4, -0.2) is 16.1 Å². The number of hydrogen-bond acceptors (Lipinski definition) is 8. The molecule has 0 saturated heterocycles. The van der Waals surface area contributed by atoms with Crippen molar-refractivity contribution in [2.24, 2.45) is 0 Å². The summed E-state index contributed by atoms with van der Waals surface area (Å²) in [6, 6.07) is 51.0. The smallest absolute Gasteiger partial charge is 0.473 e. The van der Waals surface area contributed by atoms with Gasteiger partial charge in [-0.3, -0.25) is 0 Å². The number of phenols is 1. The molecule has 0 amide bonds. The summed E-state index contributed by atoms with van der Waals surface area (Å²) in [6.45, 7) is 11.3. The number of rotatable bonds is 14. The highest BCUT2D eigenvalue weighted by atomic mass is 31.2. The molecule has 6 aromatic rings. The van der Waals surface area contributed by atoms with E-state index in [9.17, 15) is 14.2 Å². The maximum absolute atomic E-state index is 14.3. The predicted molar refractivity (Wildman–Crippen MR) is 220 cm³/mol. The first-order valence-corrected chi connectivity index (χ1v) is 21.1. The van der Waals surface area contributed by atoms with Gasteiger partial charge in [-0.2, -0.15) is 0 Å². The van der Waals surface area contributed by atoms with Crippen molar-refractivity contribution in [1.29, 1.82) is 0 Å². The zero-order chi connectivity index (χ0) is 39.5. The molecule has 55 heavy (non-hydrogen) atoms. The molecule has 6 rings (SSSR count). The molecule has 0 aromatic heterocycles. The van der Waals surface area contributed by atoms with E-state index in [-0.39, 0.29) is 16.8 Å². The fourth-order valence-corrected chi connectivity index (χ4v) is 8.08. The highest BCUT2D eigenvalue weighted by Gasteiger charge is 2.49. The first kappa shape index (κ1) is 40.8. The molecule has 1 N–H and O–H groups in total. The molecular formula is C45H48O8P2. The molecule has 0 spiro atoms. The van der Waals surface area contributed by atoms with Crippen molar-refractivity contribution in [2.75, 3.05) is 0 Å². The number of para-hydroxylation sites is 4. The van der Waals surface area contributed by atoms with E-state index < -0.39 is 20.5 Å². The molecule has 0 aliphatic heterocycles. The van der Waals surface area contributed by atoms with Crippen LogP contribution in [0.2, 0.25) is 0 Å². The molecule has 10 heteroatoms. The molecule has 1 atom stereocenters. The van der Waals surface area contributed by atoms with Crippen molar-refractivity contribution in [2.45, 2.75) is 58.0 Å². The molecule has 0 bridgehead atoms. The van der Waals surface area contributed by atoms with Gasteiger partial charge in [0.1, 0.15) is 34.5 Å². The first-order chi connectivity index (χ1) is 26.2. The van der Waals surface area contributed by atoms with Gasteiger partial charge < -0.3 is 27.9 Å². The maximum atomic E-state index is 14.3. The number of aromatic hydroxyl groups is 1. The van der Waals surface area contributed by atoms with Crippen molar-refractivity contribution >= 4 is 15.2 Å². The molecule has 286 valence electrons. The third-order valence-corrected chi connectivity index (χ3v) is 13.2. The number of ether oxygens (including phenoxy) is 1. The normalized spacial score (nSPS) is 12.7. The van der Waals surface area contributed by atoms with Crippen LogP contribution in [0.15, 0.2) is 170 Å². The Balaban J connectivity index is 0.000000256. The Morgan fingerprint density at radius 1 is 0.455 bits per heavy atom. The van der Waals surface area contributed by atoms with Crippen LogP contribution in [0, 0.1) is 0 Å². The Labute approximate surface area is 324 Å². The summed E-state index contributed by atoms with van der Waals surface area (Å²) in [5, 5.41) is 8.34. The van der Waals surface area contributed by atoms with E-state index in [0.717, 1.165) is 11.1 Å². The molecule has 0 aliphatic carbocycles. The van der Waals surface area contributed by atoms with E-state index in [1.807, 2.05) is 111 Å². The minimum atomic E-state index is -3.90. The van der Waals surface area contributed by atoms with Crippen LogP contribution >= 0.6 is 15.2 Å². The Kier molecular flexibility index (Phi) is 13.2. The fraction of sp³-hybridized carbons (Fsp3) is 0.200. The number of benzene rings is 6. The minimum absolute atomic E-state index is 0.229. The van der Waals surface area contributed by atoms with Gasteiger partial charge >= 0.3 is 15.2 Å². The molecule has 1 unspecified atom stereocenters. The number of phenolic OH excluding ortho intramolecular Hbond substituents is 1. The van der Waals surface area contributed by atoms with Gasteiger partial charge in [0.15, 0.2) is 0 Å². The summed E-state index contributed by atoms with van der Waals surface area (Å²) >= 11 is 0. The topological polar surface area (TPSA) is 101 Å². The van der Waals surface area contributed by atoms with E-state index in [1.54, 1.807) is 86.6 Å². The van der Waals surface area contributed by atoms with Gasteiger partial charge in [0.2, 0.25) is 5.34 Å². The lowest BCUT2D eigenvalue weighted by molar-refractivity contribution is 0.157. The van der Waals surface area contributed by atoms with E-state index >= 15 is 0 Å². The summed E-state index contributed by atoms with van der Waals surface area (Å²) in [5.74, 6) is 2.73. The van der Waals surface area contributed by atoms with Crippen LogP contribution in [0.3, 0.4) is 0 Å². The minimum Gasteiger partial charge on any atom is -0.508 e. The van der Waals surface area contributed by atoms with E-state index in [1.165, 1.54) is 0 Å². The van der Waals surface area contributed by atoms with Crippen LogP contribution in [-0.2, 0) is 14.5 Å². The molecule has 6 aromatic carbocycles. The van der Waals surface area contributed by atoms with E-state index in [2.05, 4.69) is 13.8 Å². The quantitative estimate of drug-likeness (QED) is 0.109. The average molecular weight is 779 g/mol. The first-order valence-electron chi connectivity index (χ1n) is 18.0. The lowest BCUT2D eigenvalue weighted by Gasteiger charge is -2.33. The molecule has 8 nitrogen and oxygen atoms in total. The Hall–Kier alpha value is -5.42. The lowest BCUT2D eigenvalue weighted by atomic mass is 9.78. The van der Waals surface area contributed by atoms with Gasteiger partial charge in [0.05, 0.1) is 5.66 Å². The van der Waals surface area contributed by atoms with Gasteiger partial charge in [-0.1, -0.05) is 111 Å². The van der Waals surface area contributed by atoms with Crippen molar-refractivity contribution in [3.05, 3.63) is 181 Å². The second-order valence-corrected chi connectivity index (χ2v) is 18.9. The van der Waals surface area contributed by atoms with Crippen LogP contribution in [0.4, 0.5) is 0 Å². The molecular weight excluding hydrogens is 730 g/mol. The number of hydrogen-bond donors (Lipinski definition) is 1. The third-order valence-electron chi connectivity index (χ3n) is 8.71. The fourth-order valence-electron chi connectivity index (χ4n) is 5.29. The SMILES string of the molecule is CC(C)(c1ccc(O)cc1)c1ccc(OP(=O)(Oc2ccccc2)C(C)(C)Oc2ccccc2)cc1.CC(C)P(=O)(Oc1ccccc1)Oc1ccccc1. The molecule has 0 heterocycles. The lowest BCUT2D eigenvalue weighted by Crippen LogP contribution is -2.33. The summed E-state index contributed by atoms with van der Waals surface area (Å²) in [5.41, 5.74) is 1.56. The van der Waals surface area contributed by atoms with Crippen molar-refractivity contribution in [3.63, 3.8) is 0 Å². The summed E-state index contributed by atoms with van der Waals surface area (Å²) in [4.78, 5) is 0. The highest BCUT2D eigenvalue weighted by Crippen LogP contribution is 2.59. The highest BCUT2D eigenvalue weighted by molar-refractivity contribution is 7.56. The maximum Gasteiger partial charge on any atom is 0.473 e. The summed E-state index contributed by atoms with van der Waals surface area (Å²) < 4.78 is 56.6. The van der Waals surface area contributed by atoms with Gasteiger partial charge in [0.25, 0.3) is 0 Å². The predicted octanol–water partition coefficient (Wildman–Crippen LogP) is 12.9. The Bertz CT molecular complexity index is 2110. The van der Waals surface area contributed by atoms with Crippen molar-refractivity contribution in [1.82, 2.24) is 0 Å². The largest absolute Gasteiger partial charge is 0.508 e. The molecule has 0 saturated carbocycles. The van der Waals surface area contributed by atoms with Gasteiger partial charge in [-0.25, -0.2) is 9.13 Å². The average Bonchev–Trinajstić information content (AvgIpc) is 3.17. The van der Waals surface area contributed by atoms with Gasteiger partial charge in [-0.05, 0) is 112 Å². The zero-order valence-electron chi connectivity index (χ0n) is 31.9. The van der Waals surface area contributed by atoms with Crippen LogP contribution in [0.5, 0.6) is 34.5 Å². The van der Waals surface area contributed by atoms with Crippen LogP contribution in [0.1, 0.15) is 52.7 Å². The summed E-state index contributed by atoms with van der Waals surface area (Å²) in [6.07, 6.45) is 0. The van der Waals surface area contributed by atoms with E-state index in [0.29, 0.717) is 28.7 Å². The van der Waals surface area contributed by atoms with Crippen LogP contribution in [0.25, 0.3) is 0 Å². The van der Waals surface area contributed by atoms with Crippen molar-refractivity contribution in [3.8, 4) is 34.5 Å². The zero-order valence-corrected chi connectivity index (χ0v) is 33.7. The third kappa shape index (κ3) is 10.8. The standard InChI is InChI=1S/C30H31O5P.C15H17O3P/c1-29(2,23-15-19-25(31)20-16-23)24-17-21-28(22-18-24)35-36(32,34-27-13-9-6-10-14-27)30(3,4)33-26-11-7-5-8-12-26;1-13(2)19(16,17-14-9-5-3-6-10-14)18-15-11-7-4-8-12-15/h5-22,31H,1-4H3;3-13H,1-2H3. The second-order valence-electron chi connectivity index (χ2n) is 14.0. The van der Waals surface area contributed by atoms with Gasteiger partial charge in [0, 0.05) is 5.41 Å². The van der Waals surface area contributed by atoms with Gasteiger partial charge in [-0.15, -0.1) is 0 Å². The summed E-state index contributed by atoms with van der Waals surface area (Å²) in [7, 11) is -7.14. The Morgan fingerprint density at radius 3 is 1.16 bits per heavy atom. The Morgan fingerprint density at radius 2 is 0.782 bits per heavy atom. The van der Waals surface area contributed by atoms with Crippen molar-refractivity contribution < 1.29 is 37.1 Å². The monoisotopic (exact) mass is 778 g/mol. The molecule has 0 radical (unpaired) electrons. The molecule has 0 aliphatic rings. The van der Waals surface area contributed by atoms with Crippen LogP contribution < -0.4 is 22.8 Å². The molecule has 0 fully saturated rings.